The second-order valence-electron chi connectivity index (χ2n) is 6.05. The lowest BCUT2D eigenvalue weighted by Crippen LogP contribution is -2.39. The fraction of sp³-hybridized carbons (Fsp3) is 0.412. The summed E-state index contributed by atoms with van der Waals surface area (Å²) in [7, 11) is 2.93. The summed E-state index contributed by atoms with van der Waals surface area (Å²) >= 11 is 0. The van der Waals surface area contributed by atoms with Gasteiger partial charge in [-0.05, 0) is 24.3 Å². The minimum absolute atomic E-state index is 0.0996. The predicted molar refractivity (Wildman–Crippen MR) is 81.1 cm³/mol. The third-order valence-electron chi connectivity index (χ3n) is 4.96. The van der Waals surface area contributed by atoms with Crippen molar-refractivity contribution in [3.63, 3.8) is 0 Å². The third kappa shape index (κ3) is 1.84. The van der Waals surface area contributed by atoms with E-state index in [4.69, 9.17) is 14.2 Å². The van der Waals surface area contributed by atoms with Gasteiger partial charge in [-0.1, -0.05) is 12.2 Å². The number of hydrogen-bond acceptors (Lipinski definition) is 5. The molecule has 0 N–H and O–H groups in total. The number of anilines is 1. The summed E-state index contributed by atoms with van der Waals surface area (Å²) in [6.07, 6.45) is 3.42. The highest BCUT2D eigenvalue weighted by Gasteiger charge is 2.67. The quantitative estimate of drug-likeness (QED) is 0.618. The van der Waals surface area contributed by atoms with Crippen LogP contribution in [0.25, 0.3) is 0 Å². The molecule has 1 spiro atoms. The first kappa shape index (κ1) is 14.3. The molecular formula is C17H17NO5. The highest BCUT2D eigenvalue weighted by Crippen LogP contribution is 2.52. The summed E-state index contributed by atoms with van der Waals surface area (Å²) in [5.74, 6) is -0.857. The number of fused-ring (bicyclic) bond motifs is 1. The number of rotatable bonds is 3. The molecule has 4 rings (SSSR count). The first-order chi connectivity index (χ1) is 11.1. The van der Waals surface area contributed by atoms with Crippen LogP contribution in [0.5, 0.6) is 5.75 Å². The van der Waals surface area contributed by atoms with Crippen LogP contribution in [-0.2, 0) is 19.1 Å². The van der Waals surface area contributed by atoms with Gasteiger partial charge in [-0.25, -0.2) is 0 Å². The van der Waals surface area contributed by atoms with Gasteiger partial charge in [0.05, 0.1) is 32.8 Å². The highest BCUT2D eigenvalue weighted by molar-refractivity contribution is 6.02. The Labute approximate surface area is 133 Å². The Hall–Kier alpha value is -2.34. The first-order valence-electron chi connectivity index (χ1n) is 7.50. The molecule has 4 atom stereocenters. The van der Waals surface area contributed by atoms with Gasteiger partial charge < -0.3 is 19.1 Å². The van der Waals surface area contributed by atoms with E-state index in [1.807, 2.05) is 24.3 Å². The van der Waals surface area contributed by atoms with E-state index < -0.39 is 23.4 Å². The second-order valence-corrected chi connectivity index (χ2v) is 6.05. The van der Waals surface area contributed by atoms with E-state index >= 15 is 0 Å². The van der Waals surface area contributed by atoms with Gasteiger partial charge in [0.15, 0.2) is 0 Å². The molecule has 1 aromatic rings. The van der Waals surface area contributed by atoms with Gasteiger partial charge in [-0.15, -0.1) is 0 Å². The number of esters is 1. The third-order valence-corrected chi connectivity index (χ3v) is 4.96. The summed E-state index contributed by atoms with van der Waals surface area (Å²) in [6.45, 7) is 0.406. The number of hydrogen-bond donors (Lipinski definition) is 0. The molecule has 1 amide bonds. The van der Waals surface area contributed by atoms with E-state index in [-0.39, 0.29) is 12.0 Å². The van der Waals surface area contributed by atoms with Crippen LogP contribution >= 0.6 is 0 Å². The summed E-state index contributed by atoms with van der Waals surface area (Å²) in [5, 5.41) is 0. The van der Waals surface area contributed by atoms with E-state index in [0.717, 1.165) is 11.4 Å². The molecule has 0 radical (unpaired) electrons. The Kier molecular flexibility index (Phi) is 2.99. The van der Waals surface area contributed by atoms with Gasteiger partial charge in [-0.3, -0.25) is 9.59 Å². The molecule has 23 heavy (non-hydrogen) atoms. The number of amides is 1. The molecule has 0 aromatic heterocycles. The molecule has 1 aromatic carbocycles. The second kappa shape index (κ2) is 4.83. The number of methoxy groups -OCH3 is 2. The minimum atomic E-state index is -0.722. The molecule has 2 unspecified atom stereocenters. The number of benzene rings is 1. The Morgan fingerprint density at radius 1 is 1.30 bits per heavy atom. The Balaban J connectivity index is 1.68. The van der Waals surface area contributed by atoms with Gasteiger partial charge in [0.25, 0.3) is 0 Å². The van der Waals surface area contributed by atoms with Crippen molar-refractivity contribution in [1.29, 1.82) is 0 Å². The zero-order valence-corrected chi connectivity index (χ0v) is 12.9. The number of ether oxygens (including phenoxy) is 3. The van der Waals surface area contributed by atoms with E-state index in [1.165, 1.54) is 7.11 Å². The van der Waals surface area contributed by atoms with Crippen molar-refractivity contribution in [2.24, 2.45) is 11.8 Å². The molecule has 2 bridgehead atoms. The maximum absolute atomic E-state index is 12.9. The maximum atomic E-state index is 12.9. The topological polar surface area (TPSA) is 65.1 Å². The van der Waals surface area contributed by atoms with E-state index in [0.29, 0.717) is 6.54 Å². The predicted octanol–water partition coefficient (Wildman–Crippen LogP) is 1.15. The number of nitrogens with zero attached hydrogens (tertiary/aromatic N) is 1. The first-order valence-corrected chi connectivity index (χ1v) is 7.50. The number of carbonyl (C=O) groups is 2. The van der Waals surface area contributed by atoms with Gasteiger partial charge in [-0.2, -0.15) is 0 Å². The van der Waals surface area contributed by atoms with Crippen molar-refractivity contribution in [3.05, 3.63) is 36.4 Å². The van der Waals surface area contributed by atoms with Gasteiger partial charge >= 0.3 is 5.97 Å². The molecule has 3 heterocycles. The van der Waals surface area contributed by atoms with Crippen LogP contribution in [0.4, 0.5) is 5.69 Å². The standard InChI is InChI=1S/C17H17NO5/c1-21-11-5-3-10(4-6-11)18-9-17-8-7-12(23-17)13(16(20)22-2)14(17)15(18)19/h3-8,12-14H,9H2,1-2H3/t12-,13?,14-,17?/m1/s1. The average molecular weight is 315 g/mol. The fourth-order valence-corrected chi connectivity index (χ4v) is 3.88. The highest BCUT2D eigenvalue weighted by atomic mass is 16.5. The lowest BCUT2D eigenvalue weighted by molar-refractivity contribution is -0.149. The summed E-state index contributed by atoms with van der Waals surface area (Å²) in [6, 6.07) is 7.27. The van der Waals surface area contributed by atoms with E-state index in [1.54, 1.807) is 24.1 Å². The molecule has 2 saturated heterocycles. The van der Waals surface area contributed by atoms with Gasteiger partial charge in [0.2, 0.25) is 5.91 Å². The molecule has 120 valence electrons. The SMILES string of the molecule is COC(=O)C1[C@H]2C=CC3(CN(c4ccc(OC)cc4)C(=O)[C@@H]13)O2. The van der Waals surface area contributed by atoms with Crippen molar-refractivity contribution in [2.75, 3.05) is 25.7 Å². The van der Waals surface area contributed by atoms with Crippen molar-refractivity contribution < 1.29 is 23.8 Å². The monoisotopic (exact) mass is 315 g/mol. The molecular weight excluding hydrogens is 298 g/mol. The lowest BCUT2D eigenvalue weighted by Gasteiger charge is -2.22. The van der Waals surface area contributed by atoms with Gasteiger partial charge in [0.1, 0.15) is 17.3 Å². The molecule has 0 aliphatic carbocycles. The molecule has 6 heteroatoms. The van der Waals surface area contributed by atoms with Crippen LogP contribution in [0, 0.1) is 11.8 Å². The van der Waals surface area contributed by atoms with Crippen molar-refractivity contribution in [2.45, 2.75) is 11.7 Å². The molecule has 2 fully saturated rings. The minimum Gasteiger partial charge on any atom is -0.497 e. The zero-order valence-electron chi connectivity index (χ0n) is 12.9. The smallest absolute Gasteiger partial charge is 0.312 e. The molecule has 3 aliphatic heterocycles. The van der Waals surface area contributed by atoms with Crippen molar-refractivity contribution in [1.82, 2.24) is 0 Å². The van der Waals surface area contributed by atoms with Crippen molar-refractivity contribution in [3.8, 4) is 5.75 Å². The Morgan fingerprint density at radius 3 is 2.70 bits per heavy atom. The summed E-state index contributed by atoms with van der Waals surface area (Å²) in [5.41, 5.74) is 0.0456. The zero-order chi connectivity index (χ0) is 16.2. The van der Waals surface area contributed by atoms with Crippen LogP contribution in [-0.4, -0.2) is 44.3 Å². The number of carbonyl (C=O) groups excluding carboxylic acids is 2. The molecule has 0 saturated carbocycles. The van der Waals surface area contributed by atoms with Crippen molar-refractivity contribution >= 4 is 17.6 Å². The largest absolute Gasteiger partial charge is 0.497 e. The summed E-state index contributed by atoms with van der Waals surface area (Å²) in [4.78, 5) is 26.7. The Morgan fingerprint density at radius 2 is 2.04 bits per heavy atom. The van der Waals surface area contributed by atoms with Crippen LogP contribution in [0.1, 0.15) is 0 Å². The van der Waals surface area contributed by atoms with Gasteiger partial charge in [0, 0.05) is 5.69 Å². The summed E-state index contributed by atoms with van der Waals surface area (Å²) < 4.78 is 16.0. The average Bonchev–Trinajstić information content (AvgIpc) is 3.22. The van der Waals surface area contributed by atoms with E-state index in [9.17, 15) is 9.59 Å². The van der Waals surface area contributed by atoms with Crippen LogP contribution in [0.15, 0.2) is 36.4 Å². The fourth-order valence-electron chi connectivity index (χ4n) is 3.88. The van der Waals surface area contributed by atoms with Crippen LogP contribution in [0.2, 0.25) is 0 Å². The van der Waals surface area contributed by atoms with E-state index in [2.05, 4.69) is 0 Å². The molecule has 6 nitrogen and oxygen atoms in total. The van der Waals surface area contributed by atoms with Crippen LogP contribution < -0.4 is 9.64 Å². The normalized spacial score (nSPS) is 33.9. The Bertz CT molecular complexity index is 697. The maximum Gasteiger partial charge on any atom is 0.312 e. The van der Waals surface area contributed by atoms with Crippen LogP contribution in [0.3, 0.4) is 0 Å². The lowest BCUT2D eigenvalue weighted by atomic mass is 9.77. The molecule has 3 aliphatic rings.